The molecule has 0 saturated heterocycles. The van der Waals surface area contributed by atoms with Crippen LogP contribution in [0.2, 0.25) is 0 Å². The number of hydrogen-bond donors (Lipinski definition) is 2. The lowest BCUT2D eigenvalue weighted by Crippen LogP contribution is -2.35. The number of rotatable bonds is 7. The predicted molar refractivity (Wildman–Crippen MR) is 141 cm³/mol. The second-order valence-corrected chi connectivity index (χ2v) is 9.38. The third-order valence-electron chi connectivity index (χ3n) is 6.79. The molecule has 2 heterocycles. The van der Waals surface area contributed by atoms with Gasteiger partial charge < -0.3 is 29.6 Å². The molecule has 1 fully saturated rings. The number of fused-ring (bicyclic) bond motifs is 3. The Bertz CT molecular complexity index is 1640. The fourth-order valence-corrected chi connectivity index (χ4v) is 4.51. The van der Waals surface area contributed by atoms with E-state index in [1.807, 2.05) is 0 Å². The van der Waals surface area contributed by atoms with E-state index in [0.29, 0.717) is 65.6 Å². The number of nitrogens with zero attached hydrogens (tertiary/aromatic N) is 1. The van der Waals surface area contributed by atoms with Gasteiger partial charge in [-0.05, 0) is 55.3 Å². The Kier molecular flexibility index (Phi) is 6.33. The van der Waals surface area contributed by atoms with Crippen LogP contribution in [0.3, 0.4) is 0 Å². The lowest BCUT2D eigenvalue weighted by molar-refractivity contribution is -0.131. The Hall–Kier alpha value is -4.93. The fraction of sp³-hybridized carbons (Fsp3) is 0.207. The van der Waals surface area contributed by atoms with Crippen molar-refractivity contribution in [1.82, 2.24) is 4.98 Å². The Balaban J connectivity index is 1.20. The van der Waals surface area contributed by atoms with Gasteiger partial charge in [0.25, 0.3) is 0 Å². The molecule has 204 valence electrons. The molecule has 0 bridgehead atoms. The van der Waals surface area contributed by atoms with E-state index < -0.39 is 28.9 Å². The summed E-state index contributed by atoms with van der Waals surface area (Å²) in [5, 5.41) is 5.75. The number of carbonyl (C=O) groups is 2. The third-order valence-corrected chi connectivity index (χ3v) is 6.79. The van der Waals surface area contributed by atoms with Gasteiger partial charge in [-0.3, -0.25) is 14.6 Å². The van der Waals surface area contributed by atoms with Crippen LogP contribution in [-0.2, 0) is 9.59 Å². The average molecular weight is 548 g/mol. The number of nitrogens with one attached hydrogen (secondary N) is 2. The first-order valence-electron chi connectivity index (χ1n) is 12.5. The summed E-state index contributed by atoms with van der Waals surface area (Å²) in [4.78, 5) is 30.1. The van der Waals surface area contributed by atoms with Gasteiger partial charge in [-0.15, -0.1) is 0 Å². The van der Waals surface area contributed by atoms with Gasteiger partial charge in [0, 0.05) is 29.7 Å². The van der Waals surface area contributed by atoms with Gasteiger partial charge in [0.15, 0.2) is 23.1 Å². The second-order valence-electron chi connectivity index (χ2n) is 9.38. The lowest BCUT2D eigenvalue weighted by Gasteiger charge is -2.23. The fourth-order valence-electron chi connectivity index (χ4n) is 4.51. The van der Waals surface area contributed by atoms with E-state index in [1.54, 1.807) is 12.1 Å². The molecule has 0 unspecified atom stereocenters. The number of halogens is 2. The van der Waals surface area contributed by atoms with E-state index in [-0.39, 0.29) is 11.4 Å². The number of carbonyl (C=O) groups excluding carboxylic acids is 2. The molecule has 0 spiro atoms. The molecule has 1 aromatic heterocycles. The zero-order valence-corrected chi connectivity index (χ0v) is 21.3. The summed E-state index contributed by atoms with van der Waals surface area (Å²) >= 11 is 0. The van der Waals surface area contributed by atoms with Crippen molar-refractivity contribution in [2.45, 2.75) is 12.8 Å². The minimum atomic E-state index is -1.28. The number of aromatic nitrogens is 1. The number of pyridine rings is 1. The Morgan fingerprint density at radius 1 is 0.850 bits per heavy atom. The summed E-state index contributed by atoms with van der Waals surface area (Å²) in [7, 11) is 1.51. The van der Waals surface area contributed by atoms with Gasteiger partial charge in [0.05, 0.1) is 18.0 Å². The topological polar surface area (TPSA) is 108 Å². The second kappa shape index (κ2) is 9.99. The number of methoxy groups -OCH3 is 1. The molecule has 0 atom stereocenters. The SMILES string of the molecule is COc1cc2nccc(Oc3ccc(NC(=O)C4(C(=O)Nc5ccc(F)cc5)CC4)cc3F)c2c2c1OCCO2. The first-order chi connectivity index (χ1) is 19.4. The molecule has 9 nitrogen and oxygen atoms in total. The van der Waals surface area contributed by atoms with Gasteiger partial charge >= 0.3 is 0 Å². The van der Waals surface area contributed by atoms with Crippen LogP contribution < -0.4 is 29.6 Å². The Morgan fingerprint density at radius 3 is 2.20 bits per heavy atom. The maximum absolute atomic E-state index is 15.2. The molecule has 1 aliphatic heterocycles. The number of anilines is 2. The predicted octanol–water partition coefficient (Wildman–Crippen LogP) is 5.44. The average Bonchev–Trinajstić information content (AvgIpc) is 3.78. The first kappa shape index (κ1) is 25.4. The minimum absolute atomic E-state index is 0.0954. The third kappa shape index (κ3) is 4.59. The molecule has 2 aliphatic rings. The van der Waals surface area contributed by atoms with Gasteiger partial charge in [-0.2, -0.15) is 0 Å². The monoisotopic (exact) mass is 547 g/mol. The van der Waals surface area contributed by atoms with Crippen LogP contribution in [-0.4, -0.2) is 37.1 Å². The van der Waals surface area contributed by atoms with E-state index in [9.17, 15) is 14.0 Å². The molecular formula is C29H23F2N3O6. The van der Waals surface area contributed by atoms with Crippen LogP contribution in [0.5, 0.6) is 28.7 Å². The normalized spacial score (nSPS) is 14.8. The molecule has 40 heavy (non-hydrogen) atoms. The van der Waals surface area contributed by atoms with E-state index in [1.165, 1.54) is 49.7 Å². The van der Waals surface area contributed by atoms with Crippen molar-refractivity contribution in [1.29, 1.82) is 0 Å². The molecule has 1 saturated carbocycles. The molecule has 11 heteroatoms. The molecular weight excluding hydrogens is 524 g/mol. The summed E-state index contributed by atoms with van der Waals surface area (Å²) in [6, 6.07) is 12.5. The number of benzene rings is 3. The molecule has 1 aliphatic carbocycles. The Morgan fingerprint density at radius 2 is 1.52 bits per heavy atom. The van der Waals surface area contributed by atoms with Crippen LogP contribution in [0.1, 0.15) is 12.8 Å². The molecule has 0 radical (unpaired) electrons. The van der Waals surface area contributed by atoms with Crippen molar-refractivity contribution in [3.05, 3.63) is 72.4 Å². The number of ether oxygens (including phenoxy) is 4. The smallest absolute Gasteiger partial charge is 0.240 e. The molecule has 6 rings (SSSR count). The van der Waals surface area contributed by atoms with Gasteiger partial charge in [-0.25, -0.2) is 8.78 Å². The van der Waals surface area contributed by atoms with Crippen LogP contribution in [0.4, 0.5) is 20.2 Å². The first-order valence-corrected chi connectivity index (χ1v) is 12.5. The van der Waals surface area contributed by atoms with Crippen molar-refractivity contribution in [2.75, 3.05) is 31.0 Å². The maximum Gasteiger partial charge on any atom is 0.240 e. The van der Waals surface area contributed by atoms with Crippen molar-refractivity contribution in [3.8, 4) is 28.7 Å². The van der Waals surface area contributed by atoms with E-state index in [2.05, 4.69) is 15.6 Å². The van der Waals surface area contributed by atoms with Crippen molar-refractivity contribution >= 4 is 34.1 Å². The zero-order chi connectivity index (χ0) is 27.9. The zero-order valence-electron chi connectivity index (χ0n) is 21.3. The number of amides is 2. The molecule has 3 aromatic carbocycles. The standard InChI is InChI=1S/C29H23F2N3O6/c1-37-23-15-20-24(26-25(23)38-12-13-39-26)22(8-11-32-20)40-21-7-6-18(14-19(21)31)34-28(36)29(9-10-29)27(35)33-17-4-2-16(30)3-5-17/h2-8,11,14-15H,9-10,12-13H2,1H3,(H,33,35)(H,34,36). The highest BCUT2D eigenvalue weighted by Gasteiger charge is 2.56. The van der Waals surface area contributed by atoms with Crippen LogP contribution in [0.25, 0.3) is 10.9 Å². The van der Waals surface area contributed by atoms with Crippen molar-refractivity contribution < 1.29 is 37.3 Å². The highest BCUT2D eigenvalue weighted by Crippen LogP contribution is 2.49. The van der Waals surface area contributed by atoms with Gasteiger partial charge in [-0.1, -0.05) is 0 Å². The Labute approximate surface area is 227 Å². The summed E-state index contributed by atoms with van der Waals surface area (Å²) < 4.78 is 51.2. The highest BCUT2D eigenvalue weighted by atomic mass is 19.1. The summed E-state index contributed by atoms with van der Waals surface area (Å²) in [5.41, 5.74) is -0.234. The lowest BCUT2D eigenvalue weighted by atomic mass is 10.0. The largest absolute Gasteiger partial charge is 0.493 e. The van der Waals surface area contributed by atoms with Gasteiger partial charge in [0.2, 0.25) is 17.6 Å². The summed E-state index contributed by atoms with van der Waals surface area (Å²) in [6.07, 6.45) is 2.20. The number of hydrogen-bond acceptors (Lipinski definition) is 7. The quantitative estimate of drug-likeness (QED) is 0.297. The van der Waals surface area contributed by atoms with Crippen molar-refractivity contribution in [3.63, 3.8) is 0 Å². The van der Waals surface area contributed by atoms with E-state index in [4.69, 9.17) is 18.9 Å². The van der Waals surface area contributed by atoms with Crippen LogP contribution >= 0.6 is 0 Å². The minimum Gasteiger partial charge on any atom is -0.493 e. The van der Waals surface area contributed by atoms with E-state index >= 15 is 4.39 Å². The summed E-state index contributed by atoms with van der Waals surface area (Å²) in [6.45, 7) is 0.665. The molecule has 2 N–H and O–H groups in total. The molecule has 2 amide bonds. The summed E-state index contributed by atoms with van der Waals surface area (Å²) in [5.74, 6) is -0.782. The molecule has 4 aromatic rings. The van der Waals surface area contributed by atoms with Crippen LogP contribution in [0, 0.1) is 17.0 Å². The van der Waals surface area contributed by atoms with Crippen molar-refractivity contribution in [2.24, 2.45) is 5.41 Å². The van der Waals surface area contributed by atoms with Gasteiger partial charge in [0.1, 0.15) is 30.2 Å². The highest BCUT2D eigenvalue weighted by molar-refractivity contribution is 6.16. The maximum atomic E-state index is 15.2. The van der Waals surface area contributed by atoms with Crippen LogP contribution in [0.15, 0.2) is 60.8 Å². The van der Waals surface area contributed by atoms with E-state index in [0.717, 1.165) is 6.07 Å².